The predicted octanol–water partition coefficient (Wildman–Crippen LogP) is 2.52. The van der Waals surface area contributed by atoms with Gasteiger partial charge in [0.2, 0.25) is 0 Å². The molecule has 0 heterocycles. The van der Waals surface area contributed by atoms with Gasteiger partial charge in [0.25, 0.3) is 5.91 Å². The lowest BCUT2D eigenvalue weighted by molar-refractivity contribution is -0.150. The third-order valence-corrected chi connectivity index (χ3v) is 4.28. The van der Waals surface area contributed by atoms with Gasteiger partial charge in [-0.15, -0.1) is 0 Å². The van der Waals surface area contributed by atoms with Gasteiger partial charge in [-0.2, -0.15) is 0 Å². The Labute approximate surface area is 130 Å². The molecule has 1 fully saturated rings. The molecule has 0 bridgehead atoms. The van der Waals surface area contributed by atoms with Gasteiger partial charge in [0.15, 0.2) is 6.61 Å². The van der Waals surface area contributed by atoms with Gasteiger partial charge in [-0.05, 0) is 56.2 Å². The van der Waals surface area contributed by atoms with Gasteiger partial charge in [0.1, 0.15) is 11.3 Å². The zero-order chi connectivity index (χ0) is 16.2. The van der Waals surface area contributed by atoms with Crippen LogP contribution in [0.4, 0.5) is 0 Å². The van der Waals surface area contributed by atoms with Gasteiger partial charge in [-0.1, -0.05) is 19.1 Å². The molecule has 0 aromatic heterocycles. The molecule has 0 aliphatic heterocycles. The molecule has 5 nitrogen and oxygen atoms in total. The highest BCUT2D eigenvalue weighted by atomic mass is 16.5. The number of benzene rings is 1. The minimum atomic E-state index is -1.14. The van der Waals surface area contributed by atoms with Crippen molar-refractivity contribution in [3.63, 3.8) is 0 Å². The molecule has 0 spiro atoms. The van der Waals surface area contributed by atoms with Crippen LogP contribution in [0, 0.1) is 12.8 Å². The van der Waals surface area contributed by atoms with Crippen LogP contribution in [0.5, 0.6) is 5.75 Å². The van der Waals surface area contributed by atoms with E-state index in [2.05, 4.69) is 12.2 Å². The molecule has 1 saturated carbocycles. The van der Waals surface area contributed by atoms with Crippen molar-refractivity contribution in [3.05, 3.63) is 29.8 Å². The Morgan fingerprint density at radius 1 is 1.36 bits per heavy atom. The van der Waals surface area contributed by atoms with Crippen molar-refractivity contribution in [2.45, 2.75) is 45.1 Å². The van der Waals surface area contributed by atoms with Crippen LogP contribution in [-0.4, -0.2) is 29.1 Å². The van der Waals surface area contributed by atoms with Crippen LogP contribution in [0.1, 0.15) is 38.2 Å². The maximum atomic E-state index is 12.1. The molecule has 0 saturated heterocycles. The quantitative estimate of drug-likeness (QED) is 0.876. The maximum Gasteiger partial charge on any atom is 0.329 e. The SMILES string of the molecule is Cc1cccc(OCC(=O)NC2(C(=O)O)CCC(C)CC2)c1. The van der Waals surface area contributed by atoms with E-state index in [-0.39, 0.29) is 6.61 Å². The summed E-state index contributed by atoms with van der Waals surface area (Å²) in [6.07, 6.45) is 2.57. The molecule has 1 amide bonds. The molecular weight excluding hydrogens is 282 g/mol. The summed E-state index contributed by atoms with van der Waals surface area (Å²) < 4.78 is 5.43. The van der Waals surface area contributed by atoms with E-state index >= 15 is 0 Å². The third-order valence-electron chi connectivity index (χ3n) is 4.28. The van der Waals surface area contributed by atoms with Crippen molar-refractivity contribution in [2.75, 3.05) is 6.61 Å². The summed E-state index contributed by atoms with van der Waals surface area (Å²) in [5, 5.41) is 12.2. The lowest BCUT2D eigenvalue weighted by Gasteiger charge is -2.36. The first-order valence-corrected chi connectivity index (χ1v) is 7.65. The second kappa shape index (κ2) is 6.81. The highest BCUT2D eigenvalue weighted by molar-refractivity contribution is 5.87. The standard InChI is InChI=1S/C17H23NO4/c1-12-6-8-17(9-7-12,16(20)21)18-15(19)11-22-14-5-3-4-13(2)10-14/h3-5,10,12H,6-9,11H2,1-2H3,(H,18,19)(H,20,21). The summed E-state index contributed by atoms with van der Waals surface area (Å²) >= 11 is 0. The van der Waals surface area contributed by atoms with E-state index < -0.39 is 17.4 Å². The van der Waals surface area contributed by atoms with Crippen molar-refractivity contribution in [2.24, 2.45) is 5.92 Å². The van der Waals surface area contributed by atoms with Crippen LogP contribution in [0.3, 0.4) is 0 Å². The van der Waals surface area contributed by atoms with Crippen molar-refractivity contribution in [1.82, 2.24) is 5.32 Å². The number of amides is 1. The Hall–Kier alpha value is -2.04. The summed E-state index contributed by atoms with van der Waals surface area (Å²) in [6.45, 7) is 3.87. The molecular formula is C17H23NO4. The summed E-state index contributed by atoms with van der Waals surface area (Å²) in [6, 6.07) is 7.40. The number of carboxylic acid groups (broad SMARTS) is 1. The molecule has 1 aliphatic rings. The molecule has 2 N–H and O–H groups in total. The Bertz CT molecular complexity index is 547. The zero-order valence-electron chi connectivity index (χ0n) is 13.1. The lowest BCUT2D eigenvalue weighted by Crippen LogP contribution is -2.57. The van der Waals surface area contributed by atoms with Gasteiger partial charge in [-0.3, -0.25) is 4.79 Å². The van der Waals surface area contributed by atoms with E-state index in [1.165, 1.54) is 0 Å². The first kappa shape index (κ1) is 16.3. The molecule has 1 aromatic rings. The first-order chi connectivity index (χ1) is 10.4. The van der Waals surface area contributed by atoms with Crippen molar-refractivity contribution < 1.29 is 19.4 Å². The van der Waals surface area contributed by atoms with E-state index in [1.807, 2.05) is 25.1 Å². The van der Waals surface area contributed by atoms with Gasteiger partial charge in [0.05, 0.1) is 0 Å². The van der Waals surface area contributed by atoms with Crippen LogP contribution < -0.4 is 10.1 Å². The molecule has 5 heteroatoms. The second-order valence-corrected chi connectivity index (χ2v) is 6.22. The van der Waals surface area contributed by atoms with Crippen LogP contribution in [-0.2, 0) is 9.59 Å². The summed E-state index contributed by atoms with van der Waals surface area (Å²) in [7, 11) is 0. The number of carbonyl (C=O) groups is 2. The Balaban J connectivity index is 1.93. The molecule has 2 rings (SSSR count). The number of carboxylic acids is 1. The number of carbonyl (C=O) groups excluding carboxylic acids is 1. The number of hydrogen-bond acceptors (Lipinski definition) is 3. The van der Waals surface area contributed by atoms with E-state index in [0.717, 1.165) is 18.4 Å². The topological polar surface area (TPSA) is 75.6 Å². The fourth-order valence-electron chi connectivity index (χ4n) is 2.80. The minimum Gasteiger partial charge on any atom is -0.484 e. The Kier molecular flexibility index (Phi) is 5.06. The molecule has 0 radical (unpaired) electrons. The molecule has 1 aromatic carbocycles. The van der Waals surface area contributed by atoms with Crippen LogP contribution in [0.25, 0.3) is 0 Å². The number of nitrogens with one attached hydrogen (secondary N) is 1. The van der Waals surface area contributed by atoms with Gasteiger partial charge in [-0.25, -0.2) is 4.79 Å². The Morgan fingerprint density at radius 2 is 2.05 bits per heavy atom. The van der Waals surface area contributed by atoms with Gasteiger partial charge < -0.3 is 15.2 Å². The second-order valence-electron chi connectivity index (χ2n) is 6.22. The van der Waals surface area contributed by atoms with E-state index in [9.17, 15) is 14.7 Å². The number of aliphatic carboxylic acids is 1. The summed E-state index contributed by atoms with van der Waals surface area (Å²) in [5.41, 5.74) is -0.0966. The molecule has 1 aliphatic carbocycles. The highest BCUT2D eigenvalue weighted by Gasteiger charge is 2.42. The molecule has 22 heavy (non-hydrogen) atoms. The molecule has 0 unspecified atom stereocenters. The Morgan fingerprint density at radius 3 is 2.64 bits per heavy atom. The van der Waals surface area contributed by atoms with Crippen molar-refractivity contribution in [1.29, 1.82) is 0 Å². The van der Waals surface area contributed by atoms with E-state index in [0.29, 0.717) is 24.5 Å². The number of ether oxygens (including phenoxy) is 1. The van der Waals surface area contributed by atoms with Crippen LogP contribution >= 0.6 is 0 Å². The van der Waals surface area contributed by atoms with Crippen LogP contribution in [0.2, 0.25) is 0 Å². The maximum absolute atomic E-state index is 12.1. The number of rotatable bonds is 5. The summed E-state index contributed by atoms with van der Waals surface area (Å²) in [5.74, 6) is -0.230. The third kappa shape index (κ3) is 4.00. The number of aryl methyl sites for hydroxylation is 1. The molecule has 0 atom stereocenters. The monoisotopic (exact) mass is 305 g/mol. The zero-order valence-corrected chi connectivity index (χ0v) is 13.1. The van der Waals surface area contributed by atoms with Gasteiger partial charge >= 0.3 is 5.97 Å². The predicted molar refractivity (Wildman–Crippen MR) is 82.8 cm³/mol. The van der Waals surface area contributed by atoms with E-state index in [1.54, 1.807) is 6.07 Å². The fourth-order valence-corrected chi connectivity index (χ4v) is 2.80. The largest absolute Gasteiger partial charge is 0.484 e. The summed E-state index contributed by atoms with van der Waals surface area (Å²) in [4.78, 5) is 23.6. The first-order valence-electron chi connectivity index (χ1n) is 7.65. The lowest BCUT2D eigenvalue weighted by atomic mass is 9.77. The minimum absolute atomic E-state index is 0.173. The van der Waals surface area contributed by atoms with E-state index in [4.69, 9.17) is 4.74 Å². The fraction of sp³-hybridized carbons (Fsp3) is 0.529. The number of hydrogen-bond donors (Lipinski definition) is 2. The smallest absolute Gasteiger partial charge is 0.329 e. The highest BCUT2D eigenvalue weighted by Crippen LogP contribution is 2.32. The van der Waals surface area contributed by atoms with Crippen LogP contribution in [0.15, 0.2) is 24.3 Å². The van der Waals surface area contributed by atoms with Crippen molar-refractivity contribution >= 4 is 11.9 Å². The average Bonchev–Trinajstić information content (AvgIpc) is 2.48. The van der Waals surface area contributed by atoms with Crippen molar-refractivity contribution in [3.8, 4) is 5.75 Å². The molecule has 120 valence electrons. The average molecular weight is 305 g/mol. The normalized spacial score (nSPS) is 24.5. The van der Waals surface area contributed by atoms with Gasteiger partial charge in [0, 0.05) is 0 Å².